The van der Waals surface area contributed by atoms with Crippen LogP contribution in [0.4, 0.5) is 0 Å². The van der Waals surface area contributed by atoms with Crippen molar-refractivity contribution in [1.29, 1.82) is 0 Å². The molecular weight excluding hydrogens is 290 g/mol. The van der Waals surface area contributed by atoms with Gasteiger partial charge in [-0.3, -0.25) is 4.99 Å². The molecule has 0 bridgehead atoms. The predicted molar refractivity (Wildman–Crippen MR) is 91.8 cm³/mol. The summed E-state index contributed by atoms with van der Waals surface area (Å²) in [6, 6.07) is 8.27. The van der Waals surface area contributed by atoms with Gasteiger partial charge in [0.15, 0.2) is 5.96 Å². The number of hydrogen-bond donors (Lipinski definition) is 3. The summed E-state index contributed by atoms with van der Waals surface area (Å²) >= 11 is 0. The van der Waals surface area contributed by atoms with Crippen LogP contribution < -0.4 is 15.4 Å². The predicted octanol–water partition coefficient (Wildman–Crippen LogP) is 2.37. The molecule has 5 heteroatoms. The maximum Gasteiger partial charge on any atom is 0.191 e. The van der Waals surface area contributed by atoms with Crippen LogP contribution in [0.5, 0.6) is 5.75 Å². The normalized spacial score (nSPS) is 24.9. The van der Waals surface area contributed by atoms with E-state index in [2.05, 4.69) is 35.5 Å². The molecule has 1 saturated carbocycles. The highest BCUT2D eigenvalue weighted by Gasteiger charge is 2.36. The summed E-state index contributed by atoms with van der Waals surface area (Å²) in [5.74, 6) is 1.65. The van der Waals surface area contributed by atoms with Crippen molar-refractivity contribution in [1.82, 2.24) is 10.6 Å². The van der Waals surface area contributed by atoms with Crippen LogP contribution in [0.2, 0.25) is 0 Å². The van der Waals surface area contributed by atoms with Crippen LogP contribution in [-0.2, 0) is 0 Å². The van der Waals surface area contributed by atoms with Crippen molar-refractivity contribution < 1.29 is 9.84 Å². The lowest BCUT2D eigenvalue weighted by Crippen LogP contribution is -2.52. The molecule has 0 spiro atoms. The standard InChI is InChI=1S/C18H27N3O2/c1-17(2)11-14(13-7-4-5-8-15(13)23-17)21-16(19-3)20-12-18(22)9-6-10-18/h4-5,7-8,14,22H,6,9-12H2,1-3H3,(H2,19,20,21). The third kappa shape index (κ3) is 3.61. The Morgan fingerprint density at radius 3 is 2.74 bits per heavy atom. The van der Waals surface area contributed by atoms with Crippen molar-refractivity contribution in [2.45, 2.75) is 56.8 Å². The number of rotatable bonds is 3. The summed E-state index contributed by atoms with van der Waals surface area (Å²) in [7, 11) is 1.76. The number of guanidine groups is 1. The maximum atomic E-state index is 10.2. The van der Waals surface area contributed by atoms with Crippen LogP contribution in [0.15, 0.2) is 29.3 Å². The van der Waals surface area contributed by atoms with Gasteiger partial charge >= 0.3 is 0 Å². The molecule has 3 rings (SSSR count). The monoisotopic (exact) mass is 317 g/mol. The fraction of sp³-hybridized carbons (Fsp3) is 0.611. The fourth-order valence-corrected chi connectivity index (χ4v) is 3.30. The quantitative estimate of drug-likeness (QED) is 0.591. The maximum absolute atomic E-state index is 10.2. The van der Waals surface area contributed by atoms with E-state index in [9.17, 15) is 5.11 Å². The van der Waals surface area contributed by atoms with Gasteiger partial charge in [0.1, 0.15) is 11.4 Å². The zero-order valence-electron chi connectivity index (χ0n) is 14.2. The molecule has 23 heavy (non-hydrogen) atoms. The lowest BCUT2D eigenvalue weighted by Gasteiger charge is -2.39. The molecule has 1 heterocycles. The SMILES string of the molecule is CN=C(NCC1(O)CCC1)NC1CC(C)(C)Oc2ccccc21. The van der Waals surface area contributed by atoms with Gasteiger partial charge < -0.3 is 20.5 Å². The minimum atomic E-state index is -0.565. The molecule has 2 aliphatic rings. The number of ether oxygens (including phenoxy) is 1. The Hall–Kier alpha value is -1.75. The Bertz CT molecular complexity index is 594. The molecule has 0 radical (unpaired) electrons. The van der Waals surface area contributed by atoms with E-state index in [4.69, 9.17) is 4.74 Å². The second-order valence-corrected chi connectivity index (χ2v) is 7.30. The van der Waals surface area contributed by atoms with Gasteiger partial charge in [0.2, 0.25) is 0 Å². The van der Waals surface area contributed by atoms with Gasteiger partial charge in [-0.15, -0.1) is 0 Å². The van der Waals surface area contributed by atoms with Crippen LogP contribution in [0.25, 0.3) is 0 Å². The molecule has 0 saturated heterocycles. The van der Waals surface area contributed by atoms with E-state index < -0.39 is 5.60 Å². The first kappa shape index (κ1) is 16.1. The zero-order valence-corrected chi connectivity index (χ0v) is 14.2. The van der Waals surface area contributed by atoms with Crippen molar-refractivity contribution in [2.75, 3.05) is 13.6 Å². The molecule has 5 nitrogen and oxygen atoms in total. The van der Waals surface area contributed by atoms with Crippen LogP contribution in [0.1, 0.15) is 51.1 Å². The fourth-order valence-electron chi connectivity index (χ4n) is 3.30. The highest BCUT2D eigenvalue weighted by atomic mass is 16.5. The second kappa shape index (κ2) is 6.04. The van der Waals surface area contributed by atoms with Gasteiger partial charge in [-0.1, -0.05) is 18.2 Å². The Balaban J connectivity index is 1.70. The average Bonchev–Trinajstić information content (AvgIpc) is 2.48. The molecule has 0 amide bonds. The summed E-state index contributed by atoms with van der Waals surface area (Å²) in [6.07, 6.45) is 3.69. The van der Waals surface area contributed by atoms with Crippen LogP contribution in [0, 0.1) is 0 Å². The number of hydrogen-bond acceptors (Lipinski definition) is 3. The number of para-hydroxylation sites is 1. The molecule has 1 fully saturated rings. The van der Waals surface area contributed by atoms with Gasteiger partial charge in [0, 0.05) is 25.6 Å². The largest absolute Gasteiger partial charge is 0.487 e. The molecule has 0 aromatic heterocycles. The van der Waals surface area contributed by atoms with E-state index in [0.717, 1.165) is 43.0 Å². The zero-order chi connectivity index (χ0) is 16.5. The topological polar surface area (TPSA) is 65.9 Å². The smallest absolute Gasteiger partial charge is 0.191 e. The number of benzene rings is 1. The molecular formula is C18H27N3O2. The average molecular weight is 317 g/mol. The molecule has 1 aliphatic heterocycles. The lowest BCUT2D eigenvalue weighted by molar-refractivity contribution is -0.0280. The minimum Gasteiger partial charge on any atom is -0.487 e. The van der Waals surface area contributed by atoms with E-state index in [-0.39, 0.29) is 11.6 Å². The third-order valence-corrected chi connectivity index (χ3v) is 4.78. The number of nitrogens with zero attached hydrogens (tertiary/aromatic N) is 1. The van der Waals surface area contributed by atoms with Gasteiger partial charge in [-0.2, -0.15) is 0 Å². The van der Waals surface area contributed by atoms with Crippen molar-refractivity contribution in [2.24, 2.45) is 4.99 Å². The lowest BCUT2D eigenvalue weighted by atomic mass is 9.80. The molecule has 126 valence electrons. The number of aliphatic imine (C=N–C) groups is 1. The van der Waals surface area contributed by atoms with Gasteiger partial charge in [0.25, 0.3) is 0 Å². The molecule has 1 aromatic rings. The molecule has 1 atom stereocenters. The van der Waals surface area contributed by atoms with Crippen molar-refractivity contribution in [3.63, 3.8) is 0 Å². The third-order valence-electron chi connectivity index (χ3n) is 4.78. The Kier molecular flexibility index (Phi) is 4.23. The number of aliphatic hydroxyl groups is 1. The Labute approximate surface area is 138 Å². The van der Waals surface area contributed by atoms with E-state index in [1.807, 2.05) is 18.2 Å². The van der Waals surface area contributed by atoms with Crippen LogP contribution >= 0.6 is 0 Å². The summed E-state index contributed by atoms with van der Waals surface area (Å²) in [5, 5.41) is 17.0. The summed E-state index contributed by atoms with van der Waals surface area (Å²) in [6.45, 7) is 4.75. The summed E-state index contributed by atoms with van der Waals surface area (Å²) < 4.78 is 6.07. The van der Waals surface area contributed by atoms with Gasteiger partial charge in [-0.25, -0.2) is 0 Å². The first-order valence-corrected chi connectivity index (χ1v) is 8.38. The van der Waals surface area contributed by atoms with E-state index in [0.29, 0.717) is 6.54 Å². The summed E-state index contributed by atoms with van der Waals surface area (Å²) in [5.41, 5.74) is 0.360. The van der Waals surface area contributed by atoms with Gasteiger partial charge in [0.05, 0.1) is 11.6 Å². The van der Waals surface area contributed by atoms with Crippen molar-refractivity contribution in [3.05, 3.63) is 29.8 Å². The molecule has 1 aromatic carbocycles. The van der Waals surface area contributed by atoms with Gasteiger partial charge in [-0.05, 0) is 39.2 Å². The Morgan fingerprint density at radius 1 is 1.35 bits per heavy atom. The van der Waals surface area contributed by atoms with E-state index in [1.54, 1.807) is 7.05 Å². The molecule has 1 unspecified atom stereocenters. The number of fused-ring (bicyclic) bond motifs is 1. The summed E-state index contributed by atoms with van der Waals surface area (Å²) in [4.78, 5) is 4.31. The highest BCUT2D eigenvalue weighted by molar-refractivity contribution is 5.80. The second-order valence-electron chi connectivity index (χ2n) is 7.30. The highest BCUT2D eigenvalue weighted by Crippen LogP contribution is 2.39. The van der Waals surface area contributed by atoms with Crippen molar-refractivity contribution in [3.8, 4) is 5.75 Å². The Morgan fingerprint density at radius 2 is 2.09 bits per heavy atom. The first-order valence-electron chi connectivity index (χ1n) is 8.38. The van der Waals surface area contributed by atoms with E-state index >= 15 is 0 Å². The van der Waals surface area contributed by atoms with Crippen molar-refractivity contribution >= 4 is 5.96 Å². The van der Waals surface area contributed by atoms with E-state index in [1.165, 1.54) is 0 Å². The minimum absolute atomic E-state index is 0.136. The van der Waals surface area contributed by atoms with Crippen LogP contribution in [-0.4, -0.2) is 35.9 Å². The molecule has 1 aliphatic carbocycles. The van der Waals surface area contributed by atoms with Crippen LogP contribution in [0.3, 0.4) is 0 Å². The first-order chi connectivity index (χ1) is 10.9. The molecule has 3 N–H and O–H groups in total. The number of nitrogens with one attached hydrogen (secondary N) is 2.